The average molecular weight is 189 g/mol. The minimum absolute atomic E-state index is 0.00463. The molecular weight excluding hydrogens is 166 g/mol. The molecular formula is C10H23NO2. The molecule has 0 heterocycles. The second kappa shape index (κ2) is 9.52. The predicted octanol–water partition coefficient (Wildman–Crippen LogP) is 1.77. The molecule has 0 saturated carbocycles. The van der Waals surface area contributed by atoms with Crippen molar-refractivity contribution < 1.29 is 9.53 Å². The number of methoxy groups -OCH3 is 1. The smallest absolute Gasteiger partial charge is 0.308 e. The van der Waals surface area contributed by atoms with E-state index in [2.05, 4.69) is 30.5 Å². The zero-order valence-electron chi connectivity index (χ0n) is 9.76. The summed E-state index contributed by atoms with van der Waals surface area (Å²) >= 11 is 0. The highest BCUT2D eigenvalue weighted by atomic mass is 16.5. The molecule has 0 aliphatic heterocycles. The maximum atomic E-state index is 10.3. The Balaban J connectivity index is 0. The maximum absolute atomic E-state index is 10.3. The summed E-state index contributed by atoms with van der Waals surface area (Å²) in [6, 6.07) is 0. The van der Waals surface area contributed by atoms with Crippen LogP contribution in [0.5, 0.6) is 0 Å². The van der Waals surface area contributed by atoms with Gasteiger partial charge in [0.2, 0.25) is 0 Å². The van der Waals surface area contributed by atoms with E-state index >= 15 is 0 Å². The highest BCUT2D eigenvalue weighted by Crippen LogP contribution is 1.91. The standard InChI is InChI=1S/C5H13N.C5H10O2/c1-4-6(3)5-2;1-4(2)5(6)7-3/h4-5H2,1-3H3;4H,1-3H3. The van der Waals surface area contributed by atoms with Crippen molar-refractivity contribution in [3.05, 3.63) is 0 Å². The molecule has 0 aliphatic carbocycles. The van der Waals surface area contributed by atoms with Crippen molar-refractivity contribution in [3.63, 3.8) is 0 Å². The summed E-state index contributed by atoms with van der Waals surface area (Å²) in [7, 11) is 3.50. The summed E-state index contributed by atoms with van der Waals surface area (Å²) in [5, 5.41) is 0. The van der Waals surface area contributed by atoms with Crippen LogP contribution in [0.2, 0.25) is 0 Å². The first-order valence-corrected chi connectivity index (χ1v) is 4.75. The van der Waals surface area contributed by atoms with Gasteiger partial charge in [-0.1, -0.05) is 27.7 Å². The van der Waals surface area contributed by atoms with E-state index in [-0.39, 0.29) is 11.9 Å². The third-order valence-corrected chi connectivity index (χ3v) is 1.75. The second-order valence-electron chi connectivity index (χ2n) is 3.17. The Bertz CT molecular complexity index is 120. The van der Waals surface area contributed by atoms with Crippen molar-refractivity contribution in [2.45, 2.75) is 27.7 Å². The van der Waals surface area contributed by atoms with E-state index in [1.807, 2.05) is 0 Å². The highest BCUT2D eigenvalue weighted by molar-refractivity contribution is 5.71. The molecule has 0 aromatic heterocycles. The number of hydrogen-bond donors (Lipinski definition) is 0. The topological polar surface area (TPSA) is 29.5 Å². The Hall–Kier alpha value is -0.570. The molecule has 0 spiro atoms. The SMILES string of the molecule is CCN(C)CC.COC(=O)C(C)C. The van der Waals surface area contributed by atoms with Gasteiger partial charge in [0.15, 0.2) is 0 Å². The van der Waals surface area contributed by atoms with Crippen LogP contribution in [0.1, 0.15) is 27.7 Å². The zero-order chi connectivity index (χ0) is 10.9. The predicted molar refractivity (Wildman–Crippen MR) is 55.7 cm³/mol. The summed E-state index contributed by atoms with van der Waals surface area (Å²) in [6.45, 7) is 10.2. The Morgan fingerprint density at radius 2 is 1.69 bits per heavy atom. The highest BCUT2D eigenvalue weighted by Gasteiger charge is 2.03. The van der Waals surface area contributed by atoms with E-state index in [0.29, 0.717) is 0 Å². The van der Waals surface area contributed by atoms with Crippen LogP contribution in [0.3, 0.4) is 0 Å². The fourth-order valence-corrected chi connectivity index (χ4v) is 0.459. The number of ether oxygens (including phenoxy) is 1. The van der Waals surface area contributed by atoms with Crippen LogP contribution in [0, 0.1) is 5.92 Å². The maximum Gasteiger partial charge on any atom is 0.308 e. The number of nitrogens with zero attached hydrogens (tertiary/aromatic N) is 1. The first kappa shape index (κ1) is 14.9. The van der Waals surface area contributed by atoms with Gasteiger partial charge in [0.25, 0.3) is 0 Å². The van der Waals surface area contributed by atoms with Crippen LogP contribution < -0.4 is 0 Å². The molecule has 0 rings (SSSR count). The van der Waals surface area contributed by atoms with Gasteiger partial charge in [-0.05, 0) is 20.1 Å². The fraction of sp³-hybridized carbons (Fsp3) is 0.900. The molecule has 0 fully saturated rings. The van der Waals surface area contributed by atoms with E-state index in [9.17, 15) is 4.79 Å². The molecule has 0 bridgehead atoms. The van der Waals surface area contributed by atoms with E-state index < -0.39 is 0 Å². The fourth-order valence-electron chi connectivity index (χ4n) is 0.459. The van der Waals surface area contributed by atoms with E-state index in [0.717, 1.165) is 13.1 Å². The van der Waals surface area contributed by atoms with E-state index in [1.54, 1.807) is 13.8 Å². The number of carbonyl (C=O) groups excluding carboxylic acids is 1. The van der Waals surface area contributed by atoms with Crippen molar-refractivity contribution >= 4 is 5.97 Å². The normalized spacial score (nSPS) is 9.54. The number of carbonyl (C=O) groups is 1. The quantitative estimate of drug-likeness (QED) is 0.634. The van der Waals surface area contributed by atoms with Crippen molar-refractivity contribution in [1.29, 1.82) is 0 Å². The molecule has 0 aliphatic rings. The molecule has 0 atom stereocenters. The van der Waals surface area contributed by atoms with Crippen LogP contribution in [0.4, 0.5) is 0 Å². The van der Waals surface area contributed by atoms with Gasteiger partial charge in [0.1, 0.15) is 0 Å². The molecule has 80 valence electrons. The molecule has 0 aromatic carbocycles. The van der Waals surface area contributed by atoms with Gasteiger partial charge in [-0.3, -0.25) is 4.79 Å². The average Bonchev–Trinajstić information content (AvgIpc) is 2.16. The number of esters is 1. The molecule has 3 heteroatoms. The van der Waals surface area contributed by atoms with Gasteiger partial charge in [-0.25, -0.2) is 0 Å². The Labute approximate surface area is 82.1 Å². The van der Waals surface area contributed by atoms with Crippen LogP contribution >= 0.6 is 0 Å². The van der Waals surface area contributed by atoms with Gasteiger partial charge in [-0.15, -0.1) is 0 Å². The third kappa shape index (κ3) is 11.4. The largest absolute Gasteiger partial charge is 0.469 e. The van der Waals surface area contributed by atoms with Crippen LogP contribution in [0.25, 0.3) is 0 Å². The zero-order valence-corrected chi connectivity index (χ0v) is 9.76. The first-order chi connectivity index (χ1) is 5.99. The molecule has 0 unspecified atom stereocenters. The minimum Gasteiger partial charge on any atom is -0.469 e. The minimum atomic E-state index is -0.153. The molecule has 3 nitrogen and oxygen atoms in total. The van der Waals surface area contributed by atoms with E-state index in [4.69, 9.17) is 0 Å². The summed E-state index contributed by atoms with van der Waals surface area (Å²) in [6.07, 6.45) is 0. The lowest BCUT2D eigenvalue weighted by Gasteiger charge is -2.07. The molecule has 0 saturated heterocycles. The van der Waals surface area contributed by atoms with Gasteiger partial charge >= 0.3 is 5.97 Å². The van der Waals surface area contributed by atoms with Gasteiger partial charge in [0, 0.05) is 0 Å². The van der Waals surface area contributed by atoms with E-state index in [1.165, 1.54) is 7.11 Å². The van der Waals surface area contributed by atoms with Gasteiger partial charge in [0.05, 0.1) is 13.0 Å². The summed E-state index contributed by atoms with van der Waals surface area (Å²) in [5.74, 6) is -0.148. The summed E-state index contributed by atoms with van der Waals surface area (Å²) in [4.78, 5) is 12.5. The van der Waals surface area contributed by atoms with Gasteiger partial charge in [-0.2, -0.15) is 0 Å². The van der Waals surface area contributed by atoms with Crippen molar-refractivity contribution in [1.82, 2.24) is 4.90 Å². The van der Waals surface area contributed by atoms with Gasteiger partial charge < -0.3 is 9.64 Å². The van der Waals surface area contributed by atoms with Crippen molar-refractivity contribution in [3.8, 4) is 0 Å². The number of hydrogen-bond acceptors (Lipinski definition) is 3. The summed E-state index contributed by atoms with van der Waals surface area (Å²) in [5.41, 5.74) is 0. The Kier molecular flexibility index (Phi) is 10.9. The lowest BCUT2D eigenvalue weighted by molar-refractivity contribution is -0.144. The molecule has 0 radical (unpaired) electrons. The molecule has 0 aromatic rings. The molecule has 0 amide bonds. The molecule has 13 heavy (non-hydrogen) atoms. The first-order valence-electron chi connectivity index (χ1n) is 4.75. The lowest BCUT2D eigenvalue weighted by Crippen LogP contribution is -2.15. The lowest BCUT2D eigenvalue weighted by atomic mass is 10.2. The van der Waals surface area contributed by atoms with Crippen LogP contribution in [-0.2, 0) is 9.53 Å². The Morgan fingerprint density at radius 1 is 1.31 bits per heavy atom. The molecule has 0 N–H and O–H groups in total. The third-order valence-electron chi connectivity index (χ3n) is 1.75. The monoisotopic (exact) mass is 189 g/mol. The van der Waals surface area contributed by atoms with Crippen LogP contribution in [-0.4, -0.2) is 38.1 Å². The Morgan fingerprint density at radius 3 is 1.69 bits per heavy atom. The van der Waals surface area contributed by atoms with Crippen LogP contribution in [0.15, 0.2) is 0 Å². The second-order valence-corrected chi connectivity index (χ2v) is 3.17. The van der Waals surface area contributed by atoms with Crippen molar-refractivity contribution in [2.24, 2.45) is 5.92 Å². The number of rotatable bonds is 3. The summed E-state index contributed by atoms with van der Waals surface area (Å²) < 4.78 is 4.37. The van der Waals surface area contributed by atoms with Crippen molar-refractivity contribution in [2.75, 3.05) is 27.2 Å².